The van der Waals surface area contributed by atoms with E-state index in [1.54, 1.807) is 0 Å². The third-order valence-corrected chi connectivity index (χ3v) is 5.20. The van der Waals surface area contributed by atoms with Gasteiger partial charge in [0.15, 0.2) is 0 Å². The number of nitrogens with zero attached hydrogens (tertiary/aromatic N) is 5. The number of anilines is 1. The number of hydrogen-bond acceptors (Lipinski definition) is 5. The molecule has 2 aliphatic heterocycles. The molecule has 3 heterocycles. The van der Waals surface area contributed by atoms with Gasteiger partial charge < -0.3 is 14.7 Å². The Hall–Kier alpha value is -1.69. The topological polar surface area (TPSA) is 52.6 Å². The molecule has 0 spiro atoms. The molecule has 6 heteroatoms. The van der Waals surface area contributed by atoms with Crippen molar-refractivity contribution in [2.75, 3.05) is 50.7 Å². The summed E-state index contributed by atoms with van der Waals surface area (Å²) in [7, 11) is 0. The Labute approximate surface area is 151 Å². The highest BCUT2D eigenvalue weighted by Gasteiger charge is 2.22. The second kappa shape index (κ2) is 8.61. The quantitative estimate of drug-likeness (QED) is 0.817. The molecular formula is C19H31N5O. The maximum atomic E-state index is 12.4. The van der Waals surface area contributed by atoms with Gasteiger partial charge in [-0.2, -0.15) is 0 Å². The van der Waals surface area contributed by atoms with E-state index >= 15 is 0 Å². The smallest absolute Gasteiger partial charge is 0.225 e. The van der Waals surface area contributed by atoms with Crippen molar-refractivity contribution in [3.8, 4) is 0 Å². The summed E-state index contributed by atoms with van der Waals surface area (Å²) < 4.78 is 0. The van der Waals surface area contributed by atoms with Crippen LogP contribution in [-0.2, 0) is 4.79 Å². The number of likely N-dealkylation sites (tertiary alicyclic amines) is 1. The average Bonchev–Trinajstić information content (AvgIpc) is 2.62. The molecule has 0 saturated carbocycles. The first-order chi connectivity index (χ1) is 12.1. The number of aryl methyl sites for hydroxylation is 2. The van der Waals surface area contributed by atoms with Crippen molar-refractivity contribution in [2.24, 2.45) is 0 Å². The fraction of sp³-hybridized carbons (Fsp3) is 0.737. The van der Waals surface area contributed by atoms with E-state index < -0.39 is 0 Å². The molecule has 0 atom stereocenters. The van der Waals surface area contributed by atoms with Gasteiger partial charge in [-0.1, -0.05) is 6.42 Å². The van der Waals surface area contributed by atoms with Gasteiger partial charge in [0.05, 0.1) is 0 Å². The van der Waals surface area contributed by atoms with Crippen molar-refractivity contribution >= 4 is 11.9 Å². The van der Waals surface area contributed by atoms with Crippen molar-refractivity contribution in [1.29, 1.82) is 0 Å². The minimum Gasteiger partial charge on any atom is -0.339 e. The Morgan fingerprint density at radius 1 is 0.960 bits per heavy atom. The zero-order valence-corrected chi connectivity index (χ0v) is 15.7. The Bertz CT molecular complexity index is 557. The van der Waals surface area contributed by atoms with Crippen molar-refractivity contribution in [1.82, 2.24) is 19.8 Å². The Kier molecular flexibility index (Phi) is 6.24. The summed E-state index contributed by atoms with van der Waals surface area (Å²) in [6, 6.07) is 1.99. The predicted octanol–water partition coefficient (Wildman–Crippen LogP) is 2.01. The van der Waals surface area contributed by atoms with Crippen LogP contribution in [0.5, 0.6) is 0 Å². The average molecular weight is 345 g/mol. The number of carbonyl (C=O) groups is 1. The maximum Gasteiger partial charge on any atom is 0.225 e. The molecule has 0 radical (unpaired) electrons. The molecule has 3 rings (SSSR count). The minimum atomic E-state index is 0.304. The van der Waals surface area contributed by atoms with Crippen LogP contribution in [-0.4, -0.2) is 71.5 Å². The summed E-state index contributed by atoms with van der Waals surface area (Å²) in [6.07, 6.45) is 5.66. The summed E-state index contributed by atoms with van der Waals surface area (Å²) in [5.74, 6) is 1.10. The fourth-order valence-electron chi connectivity index (χ4n) is 3.80. The third kappa shape index (κ3) is 5.14. The summed E-state index contributed by atoms with van der Waals surface area (Å²) in [6.45, 7) is 10.7. The van der Waals surface area contributed by atoms with E-state index in [1.165, 1.54) is 32.4 Å². The van der Waals surface area contributed by atoms with Gasteiger partial charge in [-0.3, -0.25) is 4.79 Å². The second-order valence-corrected chi connectivity index (χ2v) is 7.32. The summed E-state index contributed by atoms with van der Waals surface area (Å²) in [5, 5.41) is 0. The predicted molar refractivity (Wildman–Crippen MR) is 99.8 cm³/mol. The number of piperidine rings is 1. The lowest BCUT2D eigenvalue weighted by Crippen LogP contribution is -2.49. The molecule has 138 valence electrons. The molecule has 25 heavy (non-hydrogen) atoms. The van der Waals surface area contributed by atoms with E-state index in [2.05, 4.69) is 19.8 Å². The van der Waals surface area contributed by atoms with E-state index in [9.17, 15) is 4.79 Å². The first-order valence-corrected chi connectivity index (χ1v) is 9.69. The van der Waals surface area contributed by atoms with E-state index in [0.717, 1.165) is 56.5 Å². The lowest BCUT2D eigenvalue weighted by Gasteiger charge is -2.35. The van der Waals surface area contributed by atoms with Gasteiger partial charge in [-0.25, -0.2) is 9.97 Å². The van der Waals surface area contributed by atoms with Gasteiger partial charge >= 0.3 is 0 Å². The lowest BCUT2D eigenvalue weighted by atomic mass is 10.1. The SMILES string of the molecule is Cc1cc(C)nc(N2CCN(C(=O)CCCN3CCCCC3)CC2)n1. The van der Waals surface area contributed by atoms with Crippen LogP contribution < -0.4 is 4.90 Å². The zero-order valence-electron chi connectivity index (χ0n) is 15.7. The van der Waals surface area contributed by atoms with Gasteiger partial charge in [0.2, 0.25) is 11.9 Å². The molecule has 2 fully saturated rings. The molecular weight excluding hydrogens is 314 g/mol. The molecule has 2 aliphatic rings. The Morgan fingerprint density at radius 3 is 2.24 bits per heavy atom. The van der Waals surface area contributed by atoms with Gasteiger partial charge in [0.1, 0.15) is 0 Å². The molecule has 0 N–H and O–H groups in total. The number of amides is 1. The third-order valence-electron chi connectivity index (χ3n) is 5.20. The normalized spacial score (nSPS) is 19.3. The Morgan fingerprint density at radius 2 is 1.60 bits per heavy atom. The van der Waals surface area contributed by atoms with Gasteiger partial charge in [-0.05, 0) is 58.8 Å². The lowest BCUT2D eigenvalue weighted by molar-refractivity contribution is -0.131. The van der Waals surface area contributed by atoms with E-state index in [4.69, 9.17) is 0 Å². The van der Waals surface area contributed by atoms with Crippen LogP contribution in [0.3, 0.4) is 0 Å². The zero-order chi connectivity index (χ0) is 17.6. The summed E-state index contributed by atoms with van der Waals surface area (Å²) >= 11 is 0. The van der Waals surface area contributed by atoms with Crippen LogP contribution in [0.2, 0.25) is 0 Å². The molecule has 0 aliphatic carbocycles. The van der Waals surface area contributed by atoms with Crippen molar-refractivity contribution in [3.05, 3.63) is 17.5 Å². The van der Waals surface area contributed by atoms with Crippen LogP contribution in [0.1, 0.15) is 43.5 Å². The number of carbonyl (C=O) groups excluding carboxylic acids is 1. The first kappa shape index (κ1) is 18.1. The van der Waals surface area contributed by atoms with E-state index in [1.807, 2.05) is 24.8 Å². The van der Waals surface area contributed by atoms with Crippen LogP contribution in [0.15, 0.2) is 6.07 Å². The first-order valence-electron chi connectivity index (χ1n) is 9.69. The number of aromatic nitrogens is 2. The number of piperazine rings is 1. The highest BCUT2D eigenvalue weighted by Crippen LogP contribution is 2.14. The standard InChI is InChI=1S/C19H31N5O/c1-16-15-17(2)21-19(20-16)24-13-11-23(12-14-24)18(25)7-6-10-22-8-4-3-5-9-22/h15H,3-14H2,1-2H3. The largest absolute Gasteiger partial charge is 0.339 e. The molecule has 0 bridgehead atoms. The highest BCUT2D eigenvalue weighted by molar-refractivity contribution is 5.76. The van der Waals surface area contributed by atoms with Crippen LogP contribution in [0.4, 0.5) is 5.95 Å². The van der Waals surface area contributed by atoms with Crippen molar-refractivity contribution in [3.63, 3.8) is 0 Å². The maximum absolute atomic E-state index is 12.4. The molecule has 1 amide bonds. The minimum absolute atomic E-state index is 0.304. The molecule has 6 nitrogen and oxygen atoms in total. The number of rotatable bonds is 5. The van der Waals surface area contributed by atoms with Crippen LogP contribution in [0.25, 0.3) is 0 Å². The summed E-state index contributed by atoms with van der Waals surface area (Å²) in [5.41, 5.74) is 2.00. The van der Waals surface area contributed by atoms with Crippen LogP contribution >= 0.6 is 0 Å². The van der Waals surface area contributed by atoms with Gasteiger partial charge in [-0.15, -0.1) is 0 Å². The van der Waals surface area contributed by atoms with E-state index in [-0.39, 0.29) is 0 Å². The van der Waals surface area contributed by atoms with Crippen molar-refractivity contribution < 1.29 is 4.79 Å². The van der Waals surface area contributed by atoms with Crippen molar-refractivity contribution in [2.45, 2.75) is 46.0 Å². The monoisotopic (exact) mass is 345 g/mol. The number of hydrogen-bond donors (Lipinski definition) is 0. The second-order valence-electron chi connectivity index (χ2n) is 7.32. The molecule has 0 aromatic carbocycles. The molecule has 1 aromatic heterocycles. The van der Waals surface area contributed by atoms with E-state index in [0.29, 0.717) is 12.3 Å². The fourth-order valence-corrected chi connectivity index (χ4v) is 3.80. The molecule has 2 saturated heterocycles. The Balaban J connectivity index is 1.41. The van der Waals surface area contributed by atoms with Gasteiger partial charge in [0.25, 0.3) is 0 Å². The van der Waals surface area contributed by atoms with Gasteiger partial charge in [0, 0.05) is 44.0 Å². The van der Waals surface area contributed by atoms with Crippen LogP contribution in [0, 0.1) is 13.8 Å². The molecule has 1 aromatic rings. The molecule has 0 unspecified atom stereocenters. The highest BCUT2D eigenvalue weighted by atomic mass is 16.2. The summed E-state index contributed by atoms with van der Waals surface area (Å²) in [4.78, 5) is 28.2.